The number of methoxy groups -OCH3 is 1. The molecule has 0 aromatic heterocycles. The number of carbonyl (C=O) groups excluding carboxylic acids is 2. The summed E-state index contributed by atoms with van der Waals surface area (Å²) in [6.45, 7) is 4.93. The van der Waals surface area contributed by atoms with Gasteiger partial charge in [-0.25, -0.2) is 0 Å². The monoisotopic (exact) mass is 397 g/mol. The van der Waals surface area contributed by atoms with E-state index in [1.54, 1.807) is 19.1 Å². The van der Waals surface area contributed by atoms with Crippen molar-refractivity contribution < 1.29 is 23.8 Å². The Bertz CT molecular complexity index is 832. The molecule has 2 aromatic carbocycles. The fourth-order valence-corrected chi connectivity index (χ4v) is 2.78. The van der Waals surface area contributed by atoms with Crippen LogP contribution < -0.4 is 9.47 Å². The maximum Gasteiger partial charge on any atom is 0.320 e. The van der Waals surface area contributed by atoms with Gasteiger partial charge in [0.05, 0.1) is 20.3 Å². The third kappa shape index (κ3) is 7.79. The summed E-state index contributed by atoms with van der Waals surface area (Å²) in [5.41, 5.74) is 2.02. The minimum atomic E-state index is -0.401. The largest absolute Gasteiger partial charge is 0.493 e. The number of ether oxygens (including phenoxy) is 3. The lowest BCUT2D eigenvalue weighted by molar-refractivity contribution is -0.144. The van der Waals surface area contributed by atoms with Crippen molar-refractivity contribution in [3.63, 3.8) is 0 Å². The fraction of sp³-hybridized carbons (Fsp3) is 0.304. The molecular weight excluding hydrogens is 370 g/mol. The van der Waals surface area contributed by atoms with E-state index in [0.717, 1.165) is 11.1 Å². The molecule has 0 saturated carbocycles. The van der Waals surface area contributed by atoms with Crippen molar-refractivity contribution in [3.05, 3.63) is 65.7 Å². The Labute approximate surface area is 171 Å². The molecule has 0 aliphatic heterocycles. The van der Waals surface area contributed by atoms with E-state index < -0.39 is 5.97 Å². The van der Waals surface area contributed by atoms with Gasteiger partial charge in [0, 0.05) is 20.0 Å². The number of carbonyl (C=O) groups is 2. The molecule has 0 radical (unpaired) electrons. The van der Waals surface area contributed by atoms with E-state index in [4.69, 9.17) is 14.2 Å². The van der Waals surface area contributed by atoms with E-state index in [0.29, 0.717) is 31.2 Å². The average molecular weight is 397 g/mol. The summed E-state index contributed by atoms with van der Waals surface area (Å²) >= 11 is 0. The maximum atomic E-state index is 11.9. The second-order valence-electron chi connectivity index (χ2n) is 6.37. The zero-order valence-electron chi connectivity index (χ0n) is 17.1. The summed E-state index contributed by atoms with van der Waals surface area (Å²) in [5, 5.41) is 0. The van der Waals surface area contributed by atoms with Crippen LogP contribution in [-0.2, 0) is 20.9 Å². The zero-order valence-corrected chi connectivity index (χ0v) is 17.1. The molecule has 0 amide bonds. The van der Waals surface area contributed by atoms with Gasteiger partial charge in [0.25, 0.3) is 0 Å². The summed E-state index contributed by atoms with van der Waals surface area (Å²) in [6.07, 6.45) is 3.91. The van der Waals surface area contributed by atoms with Gasteiger partial charge in [0.2, 0.25) is 0 Å². The maximum absolute atomic E-state index is 11.9. The topological polar surface area (TPSA) is 65.1 Å². The molecule has 6 nitrogen and oxygen atoms in total. The van der Waals surface area contributed by atoms with Crippen molar-refractivity contribution in [1.82, 2.24) is 4.90 Å². The van der Waals surface area contributed by atoms with Crippen LogP contribution in [0.2, 0.25) is 0 Å². The predicted molar refractivity (Wildman–Crippen MR) is 112 cm³/mol. The minimum Gasteiger partial charge on any atom is -0.493 e. The molecule has 154 valence electrons. The molecule has 0 heterocycles. The molecule has 6 heteroatoms. The molecule has 0 N–H and O–H groups in total. The lowest BCUT2D eigenvalue weighted by Gasteiger charge is -2.19. The first-order valence-corrected chi connectivity index (χ1v) is 9.46. The molecule has 0 spiro atoms. The highest BCUT2D eigenvalue weighted by Gasteiger charge is 2.11. The summed E-state index contributed by atoms with van der Waals surface area (Å²) in [7, 11) is 1.52. The highest BCUT2D eigenvalue weighted by atomic mass is 16.6. The third-order valence-electron chi connectivity index (χ3n) is 4.02. The molecule has 0 aliphatic carbocycles. The Morgan fingerprint density at radius 3 is 2.48 bits per heavy atom. The quantitative estimate of drug-likeness (QED) is 0.450. The molecule has 0 aliphatic rings. The van der Waals surface area contributed by atoms with Crippen molar-refractivity contribution in [1.29, 1.82) is 0 Å². The van der Waals surface area contributed by atoms with Gasteiger partial charge in [0.15, 0.2) is 11.5 Å². The van der Waals surface area contributed by atoms with Gasteiger partial charge in [0.1, 0.15) is 0 Å². The molecule has 29 heavy (non-hydrogen) atoms. The smallest absolute Gasteiger partial charge is 0.320 e. The minimum absolute atomic E-state index is 0.210. The second kappa shape index (κ2) is 11.7. The summed E-state index contributed by atoms with van der Waals surface area (Å²) < 4.78 is 15.5. The van der Waals surface area contributed by atoms with Crippen LogP contribution in [0.4, 0.5) is 0 Å². The normalized spacial score (nSPS) is 10.9. The van der Waals surface area contributed by atoms with Crippen molar-refractivity contribution in [2.45, 2.75) is 20.4 Å². The van der Waals surface area contributed by atoms with Crippen molar-refractivity contribution >= 4 is 18.0 Å². The van der Waals surface area contributed by atoms with Crippen molar-refractivity contribution in [2.75, 3.05) is 26.8 Å². The Hall–Kier alpha value is -3.12. The number of nitrogens with zero attached hydrogens (tertiary/aromatic N) is 1. The second-order valence-corrected chi connectivity index (χ2v) is 6.37. The Morgan fingerprint density at radius 1 is 1.07 bits per heavy atom. The number of benzene rings is 2. The molecule has 0 saturated heterocycles. The predicted octanol–water partition coefficient (Wildman–Crippen LogP) is 3.70. The first-order valence-electron chi connectivity index (χ1n) is 9.46. The summed E-state index contributed by atoms with van der Waals surface area (Å²) in [6, 6.07) is 15.3. The van der Waals surface area contributed by atoms with Crippen molar-refractivity contribution in [3.8, 4) is 11.5 Å². The summed E-state index contributed by atoms with van der Waals surface area (Å²) in [5.74, 6) is 0.214. The molecule has 0 bridgehead atoms. The number of hydrogen-bond donors (Lipinski definition) is 0. The van der Waals surface area contributed by atoms with Crippen molar-refractivity contribution in [2.24, 2.45) is 0 Å². The molecule has 0 fully saturated rings. The van der Waals surface area contributed by atoms with E-state index in [1.807, 2.05) is 53.5 Å². The third-order valence-corrected chi connectivity index (χ3v) is 4.02. The molecule has 2 rings (SSSR count). The standard InChI is InChI=1S/C23H27NO5/c1-4-28-23(26)17-24(16-20-9-6-5-7-10-20)14-8-11-19-12-13-21(29-18(2)25)22(15-19)27-3/h5-13,15H,4,14,16-17H2,1-3H3/b11-8+. The number of rotatable bonds is 10. The Balaban J connectivity index is 2.07. The first-order chi connectivity index (χ1) is 14.0. The average Bonchev–Trinajstić information content (AvgIpc) is 2.69. The van der Waals surface area contributed by atoms with Gasteiger partial charge in [-0.05, 0) is 30.2 Å². The molecular formula is C23H27NO5. The van der Waals surface area contributed by atoms with Crippen LogP contribution in [0.25, 0.3) is 6.08 Å². The Kier molecular flexibility index (Phi) is 8.92. The van der Waals surface area contributed by atoms with E-state index in [1.165, 1.54) is 14.0 Å². The highest BCUT2D eigenvalue weighted by Crippen LogP contribution is 2.28. The lowest BCUT2D eigenvalue weighted by Crippen LogP contribution is -2.30. The van der Waals surface area contributed by atoms with Crippen LogP contribution >= 0.6 is 0 Å². The van der Waals surface area contributed by atoms with Gasteiger partial charge in [-0.15, -0.1) is 0 Å². The van der Waals surface area contributed by atoms with E-state index in [9.17, 15) is 9.59 Å². The summed E-state index contributed by atoms with van der Waals surface area (Å²) in [4.78, 5) is 25.1. The van der Waals surface area contributed by atoms with E-state index in [-0.39, 0.29) is 12.5 Å². The fourth-order valence-electron chi connectivity index (χ4n) is 2.78. The number of esters is 2. The lowest BCUT2D eigenvalue weighted by atomic mass is 10.1. The number of hydrogen-bond acceptors (Lipinski definition) is 6. The van der Waals surface area contributed by atoms with Gasteiger partial charge in [-0.3, -0.25) is 14.5 Å². The Morgan fingerprint density at radius 2 is 1.83 bits per heavy atom. The van der Waals surface area contributed by atoms with Gasteiger partial charge < -0.3 is 14.2 Å². The van der Waals surface area contributed by atoms with Crippen LogP contribution in [0.1, 0.15) is 25.0 Å². The van der Waals surface area contributed by atoms with Gasteiger partial charge in [-0.2, -0.15) is 0 Å². The van der Waals surface area contributed by atoms with Gasteiger partial charge in [-0.1, -0.05) is 48.6 Å². The highest BCUT2D eigenvalue weighted by molar-refractivity contribution is 5.72. The zero-order chi connectivity index (χ0) is 21.1. The van der Waals surface area contributed by atoms with Crippen LogP contribution in [-0.4, -0.2) is 43.6 Å². The van der Waals surface area contributed by atoms with Crippen LogP contribution in [0.3, 0.4) is 0 Å². The van der Waals surface area contributed by atoms with Crippen LogP contribution in [0.15, 0.2) is 54.6 Å². The molecule has 0 atom stereocenters. The van der Waals surface area contributed by atoms with Gasteiger partial charge >= 0.3 is 11.9 Å². The van der Waals surface area contributed by atoms with E-state index >= 15 is 0 Å². The first kappa shape index (κ1) is 22.2. The van der Waals surface area contributed by atoms with Crippen LogP contribution in [0.5, 0.6) is 11.5 Å². The van der Waals surface area contributed by atoms with E-state index in [2.05, 4.69) is 0 Å². The van der Waals surface area contributed by atoms with Crippen LogP contribution in [0, 0.1) is 0 Å². The SMILES string of the molecule is CCOC(=O)CN(C/C=C/c1ccc(OC(C)=O)c(OC)c1)Cc1ccccc1. The molecule has 0 unspecified atom stereocenters. The molecule has 2 aromatic rings.